The number of aromatic amines is 1. The molecule has 0 saturated heterocycles. The summed E-state index contributed by atoms with van der Waals surface area (Å²) in [4.78, 5) is 14.5. The smallest absolute Gasteiger partial charge is 0.147 e. The molecule has 17 heavy (non-hydrogen) atoms. The molecule has 1 atom stereocenters. The van der Waals surface area contributed by atoms with Gasteiger partial charge in [0.25, 0.3) is 0 Å². The number of benzene rings is 1. The van der Waals surface area contributed by atoms with E-state index in [1.54, 1.807) is 26.1 Å². The van der Waals surface area contributed by atoms with E-state index >= 15 is 0 Å². The Bertz CT molecular complexity index is 545. The zero-order chi connectivity index (χ0) is 12.4. The number of H-pyrrole nitrogens is 1. The Balaban J connectivity index is 2.35. The maximum absolute atomic E-state index is 11.4. The minimum absolute atomic E-state index is 0.113. The summed E-state index contributed by atoms with van der Waals surface area (Å²) in [7, 11) is 1.78. The molecule has 1 unspecified atom stereocenters. The summed E-state index contributed by atoms with van der Waals surface area (Å²) in [6.45, 7) is 1.58. The van der Waals surface area contributed by atoms with Crippen LogP contribution in [0.15, 0.2) is 24.4 Å². The first-order valence-electron chi connectivity index (χ1n) is 5.58. The quantitative estimate of drug-likeness (QED) is 0.750. The molecule has 3 N–H and O–H groups in total. The highest BCUT2D eigenvalue weighted by Crippen LogP contribution is 2.23. The molecule has 1 heterocycles. The van der Waals surface area contributed by atoms with Gasteiger partial charge in [-0.05, 0) is 44.2 Å². The molecule has 2 aromatic rings. The SMILES string of the molecule is CNC(Cc1c[nH]c2ccc(O)cc12)C(C)=O. The minimum Gasteiger partial charge on any atom is -0.508 e. The summed E-state index contributed by atoms with van der Waals surface area (Å²) in [5.41, 5.74) is 2.00. The van der Waals surface area contributed by atoms with Crippen molar-refractivity contribution < 1.29 is 9.90 Å². The predicted molar refractivity (Wildman–Crippen MR) is 67.2 cm³/mol. The highest BCUT2D eigenvalue weighted by molar-refractivity contribution is 5.86. The van der Waals surface area contributed by atoms with E-state index < -0.39 is 0 Å². The lowest BCUT2D eigenvalue weighted by Crippen LogP contribution is -2.34. The largest absolute Gasteiger partial charge is 0.508 e. The highest BCUT2D eigenvalue weighted by atomic mass is 16.3. The molecule has 2 rings (SSSR count). The first-order valence-corrected chi connectivity index (χ1v) is 5.58. The van der Waals surface area contributed by atoms with Gasteiger partial charge in [-0.15, -0.1) is 0 Å². The number of phenols is 1. The lowest BCUT2D eigenvalue weighted by Gasteiger charge is -2.11. The van der Waals surface area contributed by atoms with Crippen molar-refractivity contribution in [2.45, 2.75) is 19.4 Å². The van der Waals surface area contributed by atoms with Gasteiger partial charge in [-0.1, -0.05) is 0 Å². The third kappa shape index (κ3) is 2.31. The van der Waals surface area contributed by atoms with Crippen molar-refractivity contribution in [2.24, 2.45) is 0 Å². The molecule has 4 heteroatoms. The van der Waals surface area contributed by atoms with Crippen molar-refractivity contribution in [3.63, 3.8) is 0 Å². The Hall–Kier alpha value is -1.81. The van der Waals surface area contributed by atoms with Crippen LogP contribution >= 0.6 is 0 Å². The van der Waals surface area contributed by atoms with Gasteiger partial charge in [0.15, 0.2) is 0 Å². The minimum atomic E-state index is -0.184. The molecule has 0 fully saturated rings. The van der Waals surface area contributed by atoms with Crippen molar-refractivity contribution in [3.8, 4) is 5.75 Å². The molecular formula is C13H16N2O2. The number of ketones is 1. The molecular weight excluding hydrogens is 216 g/mol. The Morgan fingerprint density at radius 3 is 2.94 bits per heavy atom. The maximum Gasteiger partial charge on any atom is 0.147 e. The zero-order valence-electron chi connectivity index (χ0n) is 9.95. The zero-order valence-corrected chi connectivity index (χ0v) is 9.95. The summed E-state index contributed by atoms with van der Waals surface area (Å²) >= 11 is 0. The summed E-state index contributed by atoms with van der Waals surface area (Å²) in [6, 6.07) is 5.00. The number of likely N-dealkylation sites (N-methyl/N-ethyl adjacent to an activating group) is 1. The Kier molecular flexibility index (Phi) is 3.15. The first-order chi connectivity index (χ1) is 8.11. The number of carbonyl (C=O) groups is 1. The van der Waals surface area contributed by atoms with E-state index in [0.29, 0.717) is 6.42 Å². The number of Topliss-reactive ketones (excluding diaryl/α,β-unsaturated/α-hetero) is 1. The number of hydrogen-bond acceptors (Lipinski definition) is 3. The molecule has 0 saturated carbocycles. The van der Waals surface area contributed by atoms with Gasteiger partial charge in [0.2, 0.25) is 0 Å². The van der Waals surface area contributed by atoms with Gasteiger partial charge in [-0.2, -0.15) is 0 Å². The molecule has 1 aromatic heterocycles. The number of phenolic OH excluding ortho intramolecular Hbond substituents is 1. The van der Waals surface area contributed by atoms with Gasteiger partial charge >= 0.3 is 0 Å². The van der Waals surface area contributed by atoms with Crippen LogP contribution in [0.1, 0.15) is 12.5 Å². The number of nitrogens with one attached hydrogen (secondary N) is 2. The number of aromatic nitrogens is 1. The number of hydrogen-bond donors (Lipinski definition) is 3. The van der Waals surface area contributed by atoms with Gasteiger partial charge in [0.1, 0.15) is 11.5 Å². The van der Waals surface area contributed by atoms with E-state index in [1.165, 1.54) is 0 Å². The van der Waals surface area contributed by atoms with Crippen molar-refractivity contribution >= 4 is 16.7 Å². The molecule has 0 bridgehead atoms. The monoisotopic (exact) mass is 232 g/mol. The van der Waals surface area contributed by atoms with Crippen LogP contribution in [0.5, 0.6) is 5.75 Å². The van der Waals surface area contributed by atoms with E-state index in [0.717, 1.165) is 16.5 Å². The van der Waals surface area contributed by atoms with Crippen LogP contribution in [-0.4, -0.2) is 29.0 Å². The second-order valence-electron chi connectivity index (χ2n) is 4.20. The van der Waals surface area contributed by atoms with E-state index in [-0.39, 0.29) is 17.6 Å². The maximum atomic E-state index is 11.4. The lowest BCUT2D eigenvalue weighted by molar-refractivity contribution is -0.118. The van der Waals surface area contributed by atoms with E-state index in [9.17, 15) is 9.90 Å². The topological polar surface area (TPSA) is 65.1 Å². The number of carbonyl (C=O) groups excluding carboxylic acids is 1. The number of fused-ring (bicyclic) bond motifs is 1. The second-order valence-corrected chi connectivity index (χ2v) is 4.20. The normalized spacial score (nSPS) is 12.8. The van der Waals surface area contributed by atoms with Gasteiger partial charge in [-0.3, -0.25) is 4.79 Å². The van der Waals surface area contributed by atoms with Gasteiger partial charge in [-0.25, -0.2) is 0 Å². The van der Waals surface area contributed by atoms with Crippen LogP contribution in [0, 0.1) is 0 Å². The van der Waals surface area contributed by atoms with E-state index in [2.05, 4.69) is 10.3 Å². The molecule has 1 aromatic carbocycles. The van der Waals surface area contributed by atoms with Gasteiger partial charge in [0.05, 0.1) is 6.04 Å². The van der Waals surface area contributed by atoms with Crippen molar-refractivity contribution in [1.29, 1.82) is 0 Å². The summed E-state index contributed by atoms with van der Waals surface area (Å²) in [5, 5.41) is 13.4. The summed E-state index contributed by atoms with van der Waals surface area (Å²) in [5.74, 6) is 0.351. The van der Waals surface area contributed by atoms with Crippen molar-refractivity contribution in [2.75, 3.05) is 7.05 Å². The standard InChI is InChI=1S/C13H16N2O2/c1-8(16)13(14-2)5-9-7-15-12-4-3-10(17)6-11(9)12/h3-4,6-7,13-15,17H,5H2,1-2H3. The van der Waals surface area contributed by atoms with Gasteiger partial charge in [0, 0.05) is 17.1 Å². The second kappa shape index (κ2) is 4.59. The summed E-state index contributed by atoms with van der Waals surface area (Å²) < 4.78 is 0. The fourth-order valence-corrected chi connectivity index (χ4v) is 2.00. The van der Waals surface area contributed by atoms with Crippen LogP contribution in [-0.2, 0) is 11.2 Å². The van der Waals surface area contributed by atoms with E-state index in [1.807, 2.05) is 12.3 Å². The Morgan fingerprint density at radius 2 is 2.29 bits per heavy atom. The molecule has 0 aliphatic heterocycles. The van der Waals surface area contributed by atoms with Crippen LogP contribution in [0.25, 0.3) is 10.9 Å². The molecule has 0 aliphatic carbocycles. The highest BCUT2D eigenvalue weighted by Gasteiger charge is 2.14. The molecule has 0 amide bonds. The molecule has 4 nitrogen and oxygen atoms in total. The van der Waals surface area contributed by atoms with E-state index in [4.69, 9.17) is 0 Å². The van der Waals surface area contributed by atoms with Crippen LogP contribution in [0.3, 0.4) is 0 Å². The first kappa shape index (κ1) is 11.7. The average molecular weight is 232 g/mol. The molecule has 90 valence electrons. The average Bonchev–Trinajstić information content (AvgIpc) is 2.68. The van der Waals surface area contributed by atoms with Gasteiger partial charge < -0.3 is 15.4 Å². The fourth-order valence-electron chi connectivity index (χ4n) is 2.00. The lowest BCUT2D eigenvalue weighted by atomic mass is 10.0. The Labute approximate surface area is 99.7 Å². The molecule has 0 spiro atoms. The number of aromatic hydroxyl groups is 1. The van der Waals surface area contributed by atoms with Crippen molar-refractivity contribution in [1.82, 2.24) is 10.3 Å². The third-order valence-electron chi connectivity index (χ3n) is 3.01. The fraction of sp³-hybridized carbons (Fsp3) is 0.308. The summed E-state index contributed by atoms with van der Waals surface area (Å²) in [6.07, 6.45) is 2.51. The van der Waals surface area contributed by atoms with Crippen molar-refractivity contribution in [3.05, 3.63) is 30.0 Å². The van der Waals surface area contributed by atoms with Crippen LogP contribution in [0.2, 0.25) is 0 Å². The Morgan fingerprint density at radius 1 is 1.53 bits per heavy atom. The molecule has 0 aliphatic rings. The van der Waals surface area contributed by atoms with Crippen LogP contribution in [0.4, 0.5) is 0 Å². The predicted octanol–water partition coefficient (Wildman–Crippen LogP) is 1.59. The molecule has 0 radical (unpaired) electrons. The number of rotatable bonds is 4. The van der Waals surface area contributed by atoms with Crippen LogP contribution < -0.4 is 5.32 Å². The third-order valence-corrected chi connectivity index (χ3v) is 3.01.